The molecule has 0 fully saturated rings. The number of rotatable bonds is 5. The molecule has 8 heteroatoms. The summed E-state index contributed by atoms with van der Waals surface area (Å²) in [4.78, 5) is 36.8. The molecule has 0 radical (unpaired) electrons. The van der Waals surface area contributed by atoms with Gasteiger partial charge in [0.25, 0.3) is 5.56 Å². The maximum absolute atomic E-state index is 12.9. The van der Waals surface area contributed by atoms with Crippen LogP contribution in [0, 0.1) is 0 Å². The van der Waals surface area contributed by atoms with Gasteiger partial charge in [-0.15, -0.1) is 0 Å². The minimum Gasteiger partial charge on any atom is -0.496 e. The second-order valence-electron chi connectivity index (χ2n) is 5.86. The Bertz CT molecular complexity index is 930. The number of benzene rings is 1. The molecule has 0 aliphatic carbocycles. The van der Waals surface area contributed by atoms with Gasteiger partial charge in [-0.05, 0) is 39.0 Å². The third-order valence-corrected chi connectivity index (χ3v) is 4.12. The summed E-state index contributed by atoms with van der Waals surface area (Å²) in [6.07, 6.45) is 1.25. The summed E-state index contributed by atoms with van der Waals surface area (Å²) in [5.41, 5.74) is -0.685. The van der Waals surface area contributed by atoms with E-state index in [1.54, 1.807) is 32.0 Å². The second kappa shape index (κ2) is 7.14. The highest BCUT2D eigenvalue weighted by molar-refractivity contribution is 6.31. The van der Waals surface area contributed by atoms with Crippen LogP contribution >= 0.6 is 11.6 Å². The SMILES string of the molecule is COc1ccc(Cl)cc1-c1cn(C(C)C(=O)O)c(=O)n(C(C)C)c1=O. The highest BCUT2D eigenvalue weighted by Gasteiger charge is 2.22. The molecule has 1 N–H and O–H groups in total. The summed E-state index contributed by atoms with van der Waals surface area (Å²) in [5, 5.41) is 9.66. The summed E-state index contributed by atoms with van der Waals surface area (Å²) in [5.74, 6) is -0.787. The highest BCUT2D eigenvalue weighted by Crippen LogP contribution is 2.30. The standard InChI is InChI=1S/C17H19ClN2O5/c1-9(2)20-15(21)13(8-19(17(20)24)10(3)16(22)23)12-7-11(18)5-6-14(12)25-4/h5-10H,1-4H3,(H,22,23). The third-order valence-electron chi connectivity index (χ3n) is 3.89. The smallest absolute Gasteiger partial charge is 0.332 e. The first-order chi connectivity index (χ1) is 11.7. The van der Waals surface area contributed by atoms with Gasteiger partial charge in [0, 0.05) is 22.8 Å². The van der Waals surface area contributed by atoms with Crippen molar-refractivity contribution in [2.24, 2.45) is 0 Å². The first kappa shape index (κ1) is 18.8. The number of carbonyl (C=O) groups is 1. The van der Waals surface area contributed by atoms with Crippen LogP contribution in [-0.4, -0.2) is 27.3 Å². The van der Waals surface area contributed by atoms with Gasteiger partial charge < -0.3 is 9.84 Å². The van der Waals surface area contributed by atoms with Crippen molar-refractivity contribution in [2.45, 2.75) is 32.9 Å². The molecule has 1 atom stereocenters. The minimum atomic E-state index is -1.18. The van der Waals surface area contributed by atoms with Crippen molar-refractivity contribution >= 4 is 17.6 Å². The summed E-state index contributed by atoms with van der Waals surface area (Å²) < 4.78 is 7.33. The van der Waals surface area contributed by atoms with Crippen molar-refractivity contribution in [3.63, 3.8) is 0 Å². The van der Waals surface area contributed by atoms with E-state index in [-0.39, 0.29) is 5.56 Å². The lowest BCUT2D eigenvalue weighted by Gasteiger charge is -2.18. The van der Waals surface area contributed by atoms with Crippen molar-refractivity contribution in [2.75, 3.05) is 7.11 Å². The molecule has 0 saturated carbocycles. The number of methoxy groups -OCH3 is 1. The summed E-state index contributed by atoms with van der Waals surface area (Å²) in [6, 6.07) is 3.18. The largest absolute Gasteiger partial charge is 0.496 e. The lowest BCUT2D eigenvalue weighted by Crippen LogP contribution is -2.43. The number of ether oxygens (including phenoxy) is 1. The topological polar surface area (TPSA) is 90.5 Å². The van der Waals surface area contributed by atoms with Crippen LogP contribution in [0.3, 0.4) is 0 Å². The van der Waals surface area contributed by atoms with Crippen LogP contribution in [0.15, 0.2) is 34.0 Å². The van der Waals surface area contributed by atoms with E-state index in [1.807, 2.05) is 0 Å². The van der Waals surface area contributed by atoms with Crippen molar-refractivity contribution in [3.05, 3.63) is 50.3 Å². The number of hydrogen-bond donors (Lipinski definition) is 1. The molecule has 0 saturated heterocycles. The minimum absolute atomic E-state index is 0.140. The maximum Gasteiger partial charge on any atom is 0.332 e. The Kier molecular flexibility index (Phi) is 5.37. The Morgan fingerprint density at radius 3 is 2.36 bits per heavy atom. The average molecular weight is 367 g/mol. The fourth-order valence-corrected chi connectivity index (χ4v) is 2.69. The van der Waals surface area contributed by atoms with E-state index in [0.717, 1.165) is 9.13 Å². The molecule has 1 unspecified atom stereocenters. The Morgan fingerprint density at radius 1 is 1.20 bits per heavy atom. The zero-order valence-corrected chi connectivity index (χ0v) is 15.1. The van der Waals surface area contributed by atoms with E-state index < -0.39 is 29.3 Å². The molecule has 2 rings (SSSR count). The highest BCUT2D eigenvalue weighted by atomic mass is 35.5. The van der Waals surface area contributed by atoms with Gasteiger partial charge in [0.15, 0.2) is 0 Å². The Labute approximate surface area is 149 Å². The van der Waals surface area contributed by atoms with E-state index in [1.165, 1.54) is 20.2 Å². The predicted molar refractivity (Wildman–Crippen MR) is 94.7 cm³/mol. The van der Waals surface area contributed by atoms with Gasteiger partial charge in [-0.1, -0.05) is 11.6 Å². The predicted octanol–water partition coefficient (Wildman–Crippen LogP) is 2.57. The molecule has 0 spiro atoms. The van der Waals surface area contributed by atoms with Gasteiger partial charge in [0.05, 0.1) is 12.7 Å². The molecule has 1 heterocycles. The molecule has 134 valence electrons. The number of aromatic nitrogens is 2. The van der Waals surface area contributed by atoms with Crippen LogP contribution in [-0.2, 0) is 4.79 Å². The van der Waals surface area contributed by atoms with Crippen molar-refractivity contribution in [1.82, 2.24) is 9.13 Å². The third kappa shape index (κ3) is 3.46. The van der Waals surface area contributed by atoms with Crippen molar-refractivity contribution in [1.29, 1.82) is 0 Å². The maximum atomic E-state index is 12.9. The number of carboxylic acid groups (broad SMARTS) is 1. The number of nitrogens with zero attached hydrogens (tertiary/aromatic N) is 2. The van der Waals surface area contributed by atoms with E-state index in [4.69, 9.17) is 16.3 Å². The zero-order valence-electron chi connectivity index (χ0n) is 14.3. The van der Waals surface area contributed by atoms with Crippen molar-refractivity contribution < 1.29 is 14.6 Å². The normalized spacial score (nSPS) is 12.2. The van der Waals surface area contributed by atoms with E-state index in [2.05, 4.69) is 0 Å². The monoisotopic (exact) mass is 366 g/mol. The number of hydrogen-bond acceptors (Lipinski definition) is 4. The van der Waals surface area contributed by atoms with Crippen LogP contribution in [0.1, 0.15) is 32.9 Å². The quantitative estimate of drug-likeness (QED) is 0.878. The first-order valence-electron chi connectivity index (χ1n) is 7.63. The lowest BCUT2D eigenvalue weighted by atomic mass is 10.1. The van der Waals surface area contributed by atoms with E-state index in [9.17, 15) is 19.5 Å². The molecular formula is C17H19ClN2O5. The van der Waals surface area contributed by atoms with Crippen LogP contribution in [0.5, 0.6) is 5.75 Å². The molecule has 2 aromatic rings. The van der Waals surface area contributed by atoms with Gasteiger partial charge in [0.2, 0.25) is 0 Å². The van der Waals surface area contributed by atoms with Gasteiger partial charge >= 0.3 is 11.7 Å². The molecule has 0 bridgehead atoms. The van der Waals surface area contributed by atoms with Crippen LogP contribution in [0.25, 0.3) is 11.1 Å². The lowest BCUT2D eigenvalue weighted by molar-refractivity contribution is -0.140. The van der Waals surface area contributed by atoms with E-state index in [0.29, 0.717) is 16.3 Å². The van der Waals surface area contributed by atoms with Gasteiger partial charge in [-0.2, -0.15) is 0 Å². The zero-order chi connectivity index (χ0) is 18.9. The fraction of sp³-hybridized carbons (Fsp3) is 0.353. The van der Waals surface area contributed by atoms with E-state index >= 15 is 0 Å². The Morgan fingerprint density at radius 2 is 1.84 bits per heavy atom. The fourth-order valence-electron chi connectivity index (χ4n) is 2.52. The van der Waals surface area contributed by atoms with Gasteiger partial charge in [0.1, 0.15) is 11.8 Å². The number of carboxylic acids is 1. The first-order valence-corrected chi connectivity index (χ1v) is 8.01. The summed E-state index contributed by atoms with van der Waals surface area (Å²) >= 11 is 6.04. The second-order valence-corrected chi connectivity index (χ2v) is 6.30. The molecule has 25 heavy (non-hydrogen) atoms. The molecule has 1 aromatic carbocycles. The molecule has 0 aliphatic rings. The van der Waals surface area contributed by atoms with Crippen LogP contribution < -0.4 is 16.0 Å². The van der Waals surface area contributed by atoms with Gasteiger partial charge in [-0.25, -0.2) is 9.59 Å². The van der Waals surface area contributed by atoms with Crippen LogP contribution in [0.2, 0.25) is 5.02 Å². The summed E-state index contributed by atoms with van der Waals surface area (Å²) in [6.45, 7) is 4.73. The summed E-state index contributed by atoms with van der Waals surface area (Å²) in [7, 11) is 1.45. The number of aliphatic carboxylic acids is 1. The Balaban J connectivity index is 2.92. The Hall–Kier alpha value is -2.54. The molecule has 0 aliphatic heterocycles. The van der Waals surface area contributed by atoms with Crippen LogP contribution in [0.4, 0.5) is 0 Å². The molecule has 1 aromatic heterocycles. The van der Waals surface area contributed by atoms with Gasteiger partial charge in [-0.3, -0.25) is 13.9 Å². The number of halogens is 1. The molecular weight excluding hydrogens is 348 g/mol. The molecule has 7 nitrogen and oxygen atoms in total. The van der Waals surface area contributed by atoms with Crippen molar-refractivity contribution in [3.8, 4) is 16.9 Å². The average Bonchev–Trinajstić information content (AvgIpc) is 2.54. The molecule has 0 amide bonds.